The Bertz CT molecular complexity index is 198. The molecule has 0 spiro atoms. The summed E-state index contributed by atoms with van der Waals surface area (Å²) in [6.07, 6.45) is 0.766. The van der Waals surface area contributed by atoms with Crippen LogP contribution in [0.5, 0.6) is 0 Å². The van der Waals surface area contributed by atoms with Crippen molar-refractivity contribution in [2.75, 3.05) is 7.05 Å². The molecular formula is C6H11N3O2. The van der Waals surface area contributed by atoms with Gasteiger partial charge in [0.15, 0.2) is 6.33 Å². The third kappa shape index (κ3) is 1.75. The highest BCUT2D eigenvalue weighted by Crippen LogP contribution is 2.11. The largest absolute Gasteiger partial charge is 0.391 e. The van der Waals surface area contributed by atoms with Gasteiger partial charge in [0.05, 0.1) is 6.10 Å². The van der Waals surface area contributed by atoms with Crippen molar-refractivity contribution in [3.63, 3.8) is 0 Å². The molecule has 0 aromatic carbocycles. The number of hydrogen-bond donors (Lipinski definition) is 2. The molecule has 2 atom stereocenters. The minimum absolute atomic E-state index is 0.280. The molecule has 0 aliphatic carbocycles. The van der Waals surface area contributed by atoms with Crippen molar-refractivity contribution in [2.45, 2.75) is 19.1 Å². The van der Waals surface area contributed by atoms with E-state index in [1.807, 2.05) is 0 Å². The first-order valence-corrected chi connectivity index (χ1v) is 3.37. The summed E-state index contributed by atoms with van der Waals surface area (Å²) < 4.78 is 4.76. The number of nitrogens with one attached hydrogen (secondary N) is 1. The number of rotatable bonds is 3. The summed E-state index contributed by atoms with van der Waals surface area (Å²) >= 11 is 0. The molecule has 1 aromatic heterocycles. The lowest BCUT2D eigenvalue weighted by molar-refractivity contribution is 0.130. The van der Waals surface area contributed by atoms with Crippen molar-refractivity contribution in [3.8, 4) is 0 Å². The molecule has 1 rings (SSSR count). The average molecular weight is 157 g/mol. The van der Waals surface area contributed by atoms with Crippen LogP contribution in [-0.2, 0) is 0 Å². The summed E-state index contributed by atoms with van der Waals surface area (Å²) in [5, 5.41) is 15.5. The molecule has 11 heavy (non-hydrogen) atoms. The summed E-state index contributed by atoms with van der Waals surface area (Å²) in [5.74, 6) is 0.405. The van der Waals surface area contributed by atoms with Crippen LogP contribution < -0.4 is 5.32 Å². The predicted molar refractivity (Wildman–Crippen MR) is 37.8 cm³/mol. The van der Waals surface area contributed by atoms with E-state index in [2.05, 4.69) is 15.5 Å². The molecule has 0 aliphatic heterocycles. The molecule has 0 fully saturated rings. The maximum absolute atomic E-state index is 9.19. The minimum atomic E-state index is -0.541. The molecule has 0 radical (unpaired) electrons. The zero-order valence-electron chi connectivity index (χ0n) is 6.48. The Morgan fingerprint density at radius 3 is 2.82 bits per heavy atom. The fourth-order valence-electron chi connectivity index (χ4n) is 0.890. The molecule has 0 aliphatic rings. The number of nitrogens with zero attached hydrogens (tertiary/aromatic N) is 2. The van der Waals surface area contributed by atoms with Gasteiger partial charge in [-0.05, 0) is 14.0 Å². The zero-order valence-corrected chi connectivity index (χ0v) is 6.48. The summed E-state index contributed by atoms with van der Waals surface area (Å²) in [6.45, 7) is 1.66. The number of aromatic nitrogens is 2. The van der Waals surface area contributed by atoms with Gasteiger partial charge in [-0.25, -0.2) is 0 Å². The van der Waals surface area contributed by atoms with Crippen LogP contribution in [0.3, 0.4) is 0 Å². The van der Waals surface area contributed by atoms with Crippen LogP contribution in [0.2, 0.25) is 0 Å². The molecule has 5 heteroatoms. The number of likely N-dealkylation sites (N-methyl/N-ethyl adjacent to an activating group) is 1. The van der Waals surface area contributed by atoms with E-state index >= 15 is 0 Å². The van der Waals surface area contributed by atoms with Gasteiger partial charge in [0.2, 0.25) is 5.89 Å². The highest BCUT2D eigenvalue weighted by Gasteiger charge is 2.19. The fraction of sp³-hybridized carbons (Fsp3) is 0.667. The van der Waals surface area contributed by atoms with Crippen molar-refractivity contribution in [3.05, 3.63) is 12.2 Å². The Kier molecular flexibility index (Phi) is 2.56. The molecule has 0 bridgehead atoms. The fourth-order valence-corrected chi connectivity index (χ4v) is 0.890. The van der Waals surface area contributed by atoms with E-state index in [0.717, 1.165) is 0 Å². The normalized spacial score (nSPS) is 16.3. The van der Waals surface area contributed by atoms with Crippen molar-refractivity contribution < 1.29 is 9.63 Å². The Morgan fingerprint density at radius 2 is 2.45 bits per heavy atom. The van der Waals surface area contributed by atoms with Gasteiger partial charge in [-0.15, -0.1) is 0 Å². The molecule has 1 aromatic rings. The van der Waals surface area contributed by atoms with E-state index in [9.17, 15) is 5.11 Å². The number of aliphatic hydroxyl groups excluding tert-OH is 1. The third-order valence-electron chi connectivity index (χ3n) is 1.44. The summed E-state index contributed by atoms with van der Waals surface area (Å²) in [6, 6.07) is -0.280. The van der Waals surface area contributed by atoms with E-state index < -0.39 is 6.10 Å². The smallest absolute Gasteiger partial charge is 0.246 e. The van der Waals surface area contributed by atoms with E-state index in [1.165, 1.54) is 6.33 Å². The Labute approximate surface area is 64.4 Å². The van der Waals surface area contributed by atoms with Crippen LogP contribution in [0.1, 0.15) is 18.9 Å². The molecule has 2 N–H and O–H groups in total. The third-order valence-corrected chi connectivity index (χ3v) is 1.44. The summed E-state index contributed by atoms with van der Waals surface area (Å²) in [4.78, 5) is 3.81. The van der Waals surface area contributed by atoms with Crippen LogP contribution in [0.15, 0.2) is 10.9 Å². The SMILES string of the molecule is CNC(c1ncno1)C(C)O. The lowest BCUT2D eigenvalue weighted by atomic mass is 10.2. The van der Waals surface area contributed by atoms with Gasteiger partial charge in [-0.2, -0.15) is 4.98 Å². The Morgan fingerprint density at radius 1 is 1.73 bits per heavy atom. The van der Waals surface area contributed by atoms with Crippen molar-refractivity contribution in [2.24, 2.45) is 0 Å². The van der Waals surface area contributed by atoms with E-state index in [-0.39, 0.29) is 6.04 Å². The first-order valence-electron chi connectivity index (χ1n) is 3.37. The standard InChI is InChI=1S/C6H11N3O2/c1-4(10)5(7-2)6-8-3-9-11-6/h3-5,7,10H,1-2H3. The van der Waals surface area contributed by atoms with Gasteiger partial charge >= 0.3 is 0 Å². The van der Waals surface area contributed by atoms with Crippen LogP contribution >= 0.6 is 0 Å². The van der Waals surface area contributed by atoms with Crippen LogP contribution in [0, 0.1) is 0 Å². The Balaban J connectivity index is 2.71. The molecule has 1 heterocycles. The molecular weight excluding hydrogens is 146 g/mol. The van der Waals surface area contributed by atoms with E-state index in [0.29, 0.717) is 5.89 Å². The number of hydrogen-bond acceptors (Lipinski definition) is 5. The monoisotopic (exact) mass is 157 g/mol. The first kappa shape index (κ1) is 8.16. The minimum Gasteiger partial charge on any atom is -0.391 e. The molecule has 5 nitrogen and oxygen atoms in total. The highest BCUT2D eigenvalue weighted by molar-refractivity contribution is 4.89. The first-order chi connectivity index (χ1) is 5.25. The van der Waals surface area contributed by atoms with Gasteiger partial charge in [0.1, 0.15) is 6.04 Å². The topological polar surface area (TPSA) is 71.2 Å². The maximum Gasteiger partial charge on any atom is 0.246 e. The lowest BCUT2D eigenvalue weighted by Gasteiger charge is -2.13. The lowest BCUT2D eigenvalue weighted by Crippen LogP contribution is -2.27. The van der Waals surface area contributed by atoms with Crippen LogP contribution in [0.25, 0.3) is 0 Å². The van der Waals surface area contributed by atoms with E-state index in [1.54, 1.807) is 14.0 Å². The van der Waals surface area contributed by atoms with Gasteiger partial charge in [-0.3, -0.25) is 0 Å². The predicted octanol–water partition coefficient (Wildman–Crippen LogP) is -0.289. The van der Waals surface area contributed by atoms with E-state index in [4.69, 9.17) is 4.52 Å². The maximum atomic E-state index is 9.19. The highest BCUT2D eigenvalue weighted by atomic mass is 16.5. The second-order valence-corrected chi connectivity index (χ2v) is 2.29. The summed E-state index contributed by atoms with van der Waals surface area (Å²) in [5.41, 5.74) is 0. The molecule has 0 saturated heterocycles. The molecule has 0 saturated carbocycles. The zero-order chi connectivity index (χ0) is 8.27. The van der Waals surface area contributed by atoms with Crippen LogP contribution in [-0.4, -0.2) is 28.4 Å². The summed E-state index contributed by atoms with van der Waals surface area (Å²) in [7, 11) is 1.72. The Hall–Kier alpha value is -0.940. The van der Waals surface area contributed by atoms with Crippen LogP contribution in [0.4, 0.5) is 0 Å². The van der Waals surface area contributed by atoms with Crippen molar-refractivity contribution in [1.82, 2.24) is 15.5 Å². The molecule has 2 unspecified atom stereocenters. The van der Waals surface area contributed by atoms with Gasteiger partial charge in [0, 0.05) is 0 Å². The van der Waals surface area contributed by atoms with Gasteiger partial charge in [0.25, 0.3) is 0 Å². The van der Waals surface area contributed by atoms with Gasteiger partial charge < -0.3 is 14.9 Å². The van der Waals surface area contributed by atoms with Crippen molar-refractivity contribution >= 4 is 0 Å². The molecule has 0 amide bonds. The van der Waals surface area contributed by atoms with Crippen molar-refractivity contribution in [1.29, 1.82) is 0 Å². The second kappa shape index (κ2) is 3.45. The quantitative estimate of drug-likeness (QED) is 0.631. The average Bonchev–Trinajstić information content (AvgIpc) is 2.40. The molecule has 62 valence electrons. The van der Waals surface area contributed by atoms with Gasteiger partial charge in [-0.1, -0.05) is 5.16 Å². The second-order valence-electron chi connectivity index (χ2n) is 2.29. The number of aliphatic hydroxyl groups is 1.